The SMILES string of the molecule is COc1ccc(NC(=S)/N=C(/Nc2nc(C)cc(C)n2)N2CCC(C(N)=O)(N3CCCCC3)CC2)c(OC)c1. The average Bonchev–Trinajstić information content (AvgIpc) is 2.92. The Morgan fingerprint density at radius 1 is 1.00 bits per heavy atom. The van der Waals surface area contributed by atoms with E-state index in [1.807, 2.05) is 32.0 Å². The van der Waals surface area contributed by atoms with Gasteiger partial charge >= 0.3 is 0 Å². The first-order chi connectivity index (χ1) is 18.7. The van der Waals surface area contributed by atoms with Gasteiger partial charge in [-0.3, -0.25) is 15.0 Å². The van der Waals surface area contributed by atoms with Gasteiger partial charge in [-0.05, 0) is 83.0 Å². The highest BCUT2D eigenvalue weighted by Gasteiger charge is 2.45. The van der Waals surface area contributed by atoms with E-state index in [-0.39, 0.29) is 11.0 Å². The lowest BCUT2D eigenvalue weighted by Gasteiger charge is -2.48. The molecular weight excluding hydrogens is 516 g/mol. The molecule has 0 spiro atoms. The molecule has 2 aliphatic rings. The lowest BCUT2D eigenvalue weighted by molar-refractivity contribution is -0.134. The number of nitrogens with two attached hydrogens (primary N) is 1. The lowest BCUT2D eigenvalue weighted by Crippen LogP contribution is -2.64. The van der Waals surface area contributed by atoms with Crippen molar-refractivity contribution in [2.75, 3.05) is 51.0 Å². The van der Waals surface area contributed by atoms with Crippen LogP contribution in [0.3, 0.4) is 0 Å². The summed E-state index contributed by atoms with van der Waals surface area (Å²) >= 11 is 5.63. The zero-order chi connectivity index (χ0) is 28.0. The molecule has 4 rings (SSSR count). The number of carbonyl (C=O) groups excluding carboxylic acids is 1. The minimum absolute atomic E-state index is 0.230. The highest BCUT2D eigenvalue weighted by atomic mass is 32.1. The van der Waals surface area contributed by atoms with E-state index in [2.05, 4.69) is 30.4 Å². The molecule has 11 nitrogen and oxygen atoms in total. The van der Waals surface area contributed by atoms with Crippen LogP contribution in [0.25, 0.3) is 0 Å². The average molecular weight is 555 g/mol. The topological polar surface area (TPSA) is 130 Å². The summed E-state index contributed by atoms with van der Waals surface area (Å²) in [6.07, 6.45) is 4.57. The van der Waals surface area contributed by atoms with Gasteiger partial charge in [0.2, 0.25) is 22.9 Å². The van der Waals surface area contributed by atoms with Gasteiger partial charge in [-0.15, -0.1) is 0 Å². The Morgan fingerprint density at radius 3 is 2.26 bits per heavy atom. The molecule has 2 aliphatic heterocycles. The molecule has 0 unspecified atom stereocenters. The molecule has 2 fully saturated rings. The monoisotopic (exact) mass is 554 g/mol. The van der Waals surface area contributed by atoms with Crippen LogP contribution in [-0.4, -0.2) is 82.7 Å². The van der Waals surface area contributed by atoms with Gasteiger partial charge in [-0.1, -0.05) is 6.42 Å². The summed E-state index contributed by atoms with van der Waals surface area (Å²) in [6.45, 7) is 6.78. The summed E-state index contributed by atoms with van der Waals surface area (Å²) in [7, 11) is 3.18. The number of methoxy groups -OCH3 is 2. The van der Waals surface area contributed by atoms with Crippen LogP contribution in [0.4, 0.5) is 11.6 Å². The molecule has 4 N–H and O–H groups in total. The van der Waals surface area contributed by atoms with Crippen LogP contribution in [0.15, 0.2) is 29.3 Å². The number of hydrogen-bond acceptors (Lipinski definition) is 7. The predicted molar refractivity (Wildman–Crippen MR) is 156 cm³/mol. The molecule has 2 aromatic rings. The number of anilines is 2. The van der Waals surface area contributed by atoms with E-state index in [1.54, 1.807) is 20.3 Å². The zero-order valence-corrected chi connectivity index (χ0v) is 23.9. The van der Waals surface area contributed by atoms with E-state index in [0.29, 0.717) is 55.0 Å². The normalized spacial score (nSPS) is 17.8. The lowest BCUT2D eigenvalue weighted by atomic mass is 9.83. The van der Waals surface area contributed by atoms with Crippen LogP contribution >= 0.6 is 12.2 Å². The maximum absolute atomic E-state index is 12.7. The number of primary amides is 1. The minimum Gasteiger partial charge on any atom is -0.497 e. The molecule has 0 atom stereocenters. The first kappa shape index (κ1) is 28.5. The number of guanidine groups is 1. The Balaban J connectivity index is 1.58. The van der Waals surface area contributed by atoms with Crippen LogP contribution < -0.4 is 25.8 Å². The van der Waals surface area contributed by atoms with Crippen LogP contribution in [0.5, 0.6) is 11.5 Å². The Bertz CT molecular complexity index is 1200. The molecule has 1 aromatic heterocycles. The van der Waals surface area contributed by atoms with Gasteiger partial charge in [-0.2, -0.15) is 4.99 Å². The Kier molecular flexibility index (Phi) is 9.18. The van der Waals surface area contributed by atoms with Gasteiger partial charge in [0.05, 0.1) is 19.9 Å². The maximum Gasteiger partial charge on any atom is 0.238 e. The second-order valence-corrected chi connectivity index (χ2v) is 10.3. The number of aryl methyl sites for hydroxylation is 2. The second-order valence-electron chi connectivity index (χ2n) is 9.96. The van der Waals surface area contributed by atoms with Crippen LogP contribution in [0.1, 0.15) is 43.5 Å². The molecule has 0 radical (unpaired) electrons. The first-order valence-electron chi connectivity index (χ1n) is 13.2. The molecule has 39 heavy (non-hydrogen) atoms. The number of rotatable bonds is 6. The number of nitrogens with zero attached hydrogens (tertiary/aromatic N) is 5. The van der Waals surface area contributed by atoms with Crippen molar-refractivity contribution in [2.24, 2.45) is 10.7 Å². The number of likely N-dealkylation sites (tertiary alicyclic amines) is 2. The van der Waals surface area contributed by atoms with E-state index in [9.17, 15) is 4.79 Å². The largest absolute Gasteiger partial charge is 0.497 e. The molecule has 0 saturated carbocycles. The fourth-order valence-corrected chi connectivity index (χ4v) is 5.53. The third kappa shape index (κ3) is 6.74. The summed E-state index contributed by atoms with van der Waals surface area (Å²) in [5.74, 6) is 1.92. The van der Waals surface area contributed by atoms with E-state index >= 15 is 0 Å². The van der Waals surface area contributed by atoms with Gasteiger partial charge in [0.15, 0.2) is 0 Å². The van der Waals surface area contributed by atoms with Crippen LogP contribution in [0.2, 0.25) is 0 Å². The smallest absolute Gasteiger partial charge is 0.238 e. The maximum atomic E-state index is 12.7. The summed E-state index contributed by atoms with van der Waals surface area (Å²) in [5.41, 5.74) is 7.70. The number of piperidine rings is 2. The number of aromatic nitrogens is 2. The van der Waals surface area contributed by atoms with Crippen molar-refractivity contribution in [1.82, 2.24) is 19.8 Å². The Labute approximate surface area is 235 Å². The van der Waals surface area contributed by atoms with Crippen molar-refractivity contribution in [1.29, 1.82) is 0 Å². The minimum atomic E-state index is -0.645. The van der Waals surface area contributed by atoms with E-state index < -0.39 is 5.54 Å². The predicted octanol–water partition coefficient (Wildman–Crippen LogP) is 3.08. The van der Waals surface area contributed by atoms with Crippen LogP contribution in [-0.2, 0) is 4.79 Å². The fraction of sp³-hybridized carbons (Fsp3) is 0.519. The number of ether oxygens (including phenoxy) is 2. The zero-order valence-electron chi connectivity index (χ0n) is 23.1. The molecule has 2 saturated heterocycles. The van der Waals surface area contributed by atoms with E-state index in [1.165, 1.54) is 6.42 Å². The first-order valence-corrected chi connectivity index (χ1v) is 13.7. The van der Waals surface area contributed by atoms with E-state index in [4.69, 9.17) is 32.4 Å². The number of amides is 1. The quantitative estimate of drug-likeness (QED) is 0.278. The molecule has 0 aliphatic carbocycles. The molecule has 0 bridgehead atoms. The summed E-state index contributed by atoms with van der Waals surface area (Å²) < 4.78 is 10.8. The standard InChI is InChI=1S/C27H38N8O3S/c1-18-16-19(2)30-24(29-18)32-25(33-26(39)31-21-9-8-20(37-3)17-22(21)38-4)34-14-10-27(11-15-34,23(28)36)35-12-6-5-7-13-35/h8-9,16-17H,5-7,10-15H2,1-4H3,(H2,28,36)(H2,29,30,31,32,33,39). The van der Waals surface area contributed by atoms with E-state index in [0.717, 1.165) is 37.3 Å². The summed E-state index contributed by atoms with van der Waals surface area (Å²) in [6, 6.07) is 7.31. The van der Waals surface area contributed by atoms with Crippen molar-refractivity contribution in [3.05, 3.63) is 35.7 Å². The Morgan fingerprint density at radius 2 is 1.67 bits per heavy atom. The van der Waals surface area contributed by atoms with Crippen molar-refractivity contribution >= 4 is 40.8 Å². The molecule has 1 aromatic carbocycles. The highest BCUT2D eigenvalue weighted by Crippen LogP contribution is 2.32. The van der Waals surface area contributed by atoms with Crippen molar-refractivity contribution < 1.29 is 14.3 Å². The molecule has 12 heteroatoms. The van der Waals surface area contributed by atoms with Gasteiger partial charge in [-0.25, -0.2) is 9.97 Å². The van der Waals surface area contributed by atoms with Gasteiger partial charge in [0.25, 0.3) is 0 Å². The number of nitrogens with one attached hydrogen (secondary N) is 2. The molecule has 1 amide bonds. The third-order valence-electron chi connectivity index (χ3n) is 7.37. The highest BCUT2D eigenvalue weighted by molar-refractivity contribution is 7.80. The van der Waals surface area contributed by atoms with Gasteiger partial charge < -0.3 is 25.4 Å². The molecule has 3 heterocycles. The number of carbonyl (C=O) groups is 1. The van der Waals surface area contributed by atoms with Crippen LogP contribution in [0, 0.1) is 13.8 Å². The number of hydrogen-bond donors (Lipinski definition) is 3. The number of benzene rings is 1. The number of thiocarbonyl (C=S) groups is 1. The van der Waals surface area contributed by atoms with Gasteiger partial charge in [0, 0.05) is 30.5 Å². The fourth-order valence-electron chi connectivity index (χ4n) is 5.33. The second kappa shape index (κ2) is 12.6. The number of aliphatic imine (C=N–C) groups is 1. The third-order valence-corrected chi connectivity index (χ3v) is 7.57. The van der Waals surface area contributed by atoms with Crippen molar-refractivity contribution in [3.8, 4) is 11.5 Å². The molecule has 210 valence electrons. The summed E-state index contributed by atoms with van der Waals surface area (Å²) in [5, 5.41) is 6.66. The van der Waals surface area contributed by atoms with Gasteiger partial charge in [0.1, 0.15) is 17.0 Å². The molecular formula is C27H38N8O3S. The Hall–Kier alpha value is -3.51. The summed E-state index contributed by atoms with van der Waals surface area (Å²) in [4.78, 5) is 30.9. The van der Waals surface area contributed by atoms with Crippen molar-refractivity contribution in [3.63, 3.8) is 0 Å². The van der Waals surface area contributed by atoms with Crippen molar-refractivity contribution in [2.45, 2.75) is 51.5 Å².